The van der Waals surface area contributed by atoms with Gasteiger partial charge in [0, 0.05) is 17.8 Å². The number of nitriles is 1. The van der Waals surface area contributed by atoms with Gasteiger partial charge in [-0.25, -0.2) is 0 Å². The van der Waals surface area contributed by atoms with Crippen molar-refractivity contribution in [3.8, 4) is 17.3 Å². The highest BCUT2D eigenvalue weighted by molar-refractivity contribution is 6.32. The third-order valence-electron chi connectivity index (χ3n) is 3.28. The molecule has 2 N–H and O–H groups in total. The fourth-order valence-corrected chi connectivity index (χ4v) is 2.03. The molecule has 1 unspecified atom stereocenters. The Kier molecular flexibility index (Phi) is 4.43. The van der Waals surface area contributed by atoms with Crippen molar-refractivity contribution in [1.82, 2.24) is 9.78 Å². The lowest BCUT2D eigenvalue weighted by Gasteiger charge is -2.15. The molecule has 0 radical (unpaired) electrons. The van der Waals surface area contributed by atoms with Gasteiger partial charge in [-0.2, -0.15) is 10.4 Å². The van der Waals surface area contributed by atoms with Crippen LogP contribution in [-0.2, 0) is 6.54 Å². The van der Waals surface area contributed by atoms with Gasteiger partial charge in [0.1, 0.15) is 6.07 Å². The lowest BCUT2D eigenvalue weighted by Crippen LogP contribution is -2.31. The molecule has 1 aromatic heterocycles. The number of nitrogens with two attached hydrogens (primary N) is 1. The molecule has 0 bridgehead atoms. The Morgan fingerprint density at radius 1 is 1.40 bits per heavy atom. The Morgan fingerprint density at radius 2 is 2.15 bits per heavy atom. The number of benzene rings is 1. The van der Waals surface area contributed by atoms with E-state index in [0.29, 0.717) is 23.0 Å². The van der Waals surface area contributed by atoms with Crippen LogP contribution in [0.4, 0.5) is 0 Å². The number of aromatic nitrogens is 2. The summed E-state index contributed by atoms with van der Waals surface area (Å²) >= 11 is 6.04. The summed E-state index contributed by atoms with van der Waals surface area (Å²) in [5.74, 6) is 0.409. The van der Waals surface area contributed by atoms with Crippen LogP contribution in [0.25, 0.3) is 11.3 Å². The Hall–Kier alpha value is -1.83. The normalized spacial score (nSPS) is 12.4. The molecule has 5 heteroatoms. The third-order valence-corrected chi connectivity index (χ3v) is 3.59. The van der Waals surface area contributed by atoms with Gasteiger partial charge >= 0.3 is 0 Å². The topological polar surface area (TPSA) is 67.6 Å². The zero-order valence-electron chi connectivity index (χ0n) is 11.5. The van der Waals surface area contributed by atoms with E-state index in [0.717, 1.165) is 11.3 Å². The predicted octanol–water partition coefficient (Wildman–Crippen LogP) is 3.06. The van der Waals surface area contributed by atoms with E-state index >= 15 is 0 Å². The molecule has 0 amide bonds. The monoisotopic (exact) mass is 288 g/mol. The van der Waals surface area contributed by atoms with Crippen molar-refractivity contribution < 1.29 is 0 Å². The Balaban J connectivity index is 2.21. The van der Waals surface area contributed by atoms with Crippen LogP contribution in [0.15, 0.2) is 30.5 Å². The van der Waals surface area contributed by atoms with Crippen LogP contribution in [0, 0.1) is 17.2 Å². The van der Waals surface area contributed by atoms with Crippen LogP contribution >= 0.6 is 11.6 Å². The highest BCUT2D eigenvalue weighted by atomic mass is 35.5. The number of halogens is 1. The number of hydrogen-bond acceptors (Lipinski definition) is 3. The lowest BCUT2D eigenvalue weighted by atomic mass is 10.1. The molecule has 1 aromatic carbocycles. The summed E-state index contributed by atoms with van der Waals surface area (Å²) in [7, 11) is 0. The van der Waals surface area contributed by atoms with Crippen LogP contribution in [0.1, 0.15) is 19.4 Å². The van der Waals surface area contributed by atoms with E-state index in [1.807, 2.05) is 29.1 Å². The largest absolute Gasteiger partial charge is 0.326 e. The minimum absolute atomic E-state index is 0.0762. The molecular weight excluding hydrogens is 272 g/mol. The van der Waals surface area contributed by atoms with Crippen molar-refractivity contribution in [2.75, 3.05) is 0 Å². The van der Waals surface area contributed by atoms with Gasteiger partial charge in [-0.05, 0) is 24.1 Å². The van der Waals surface area contributed by atoms with Crippen molar-refractivity contribution in [3.63, 3.8) is 0 Å². The molecule has 20 heavy (non-hydrogen) atoms. The minimum atomic E-state index is 0.0762. The first-order valence-corrected chi connectivity index (χ1v) is 6.88. The van der Waals surface area contributed by atoms with E-state index in [1.54, 1.807) is 12.1 Å². The molecule has 0 saturated heterocycles. The summed E-state index contributed by atoms with van der Waals surface area (Å²) in [4.78, 5) is 0. The molecule has 104 valence electrons. The van der Waals surface area contributed by atoms with Crippen molar-refractivity contribution >= 4 is 11.6 Å². The van der Waals surface area contributed by atoms with E-state index < -0.39 is 0 Å². The molecule has 4 nitrogen and oxygen atoms in total. The van der Waals surface area contributed by atoms with E-state index in [1.165, 1.54) is 0 Å². The second-order valence-electron chi connectivity index (χ2n) is 5.14. The van der Waals surface area contributed by atoms with Crippen molar-refractivity contribution in [1.29, 1.82) is 5.26 Å². The maximum atomic E-state index is 8.87. The van der Waals surface area contributed by atoms with Crippen molar-refractivity contribution in [2.24, 2.45) is 11.7 Å². The van der Waals surface area contributed by atoms with Crippen LogP contribution in [0.5, 0.6) is 0 Å². The fourth-order valence-electron chi connectivity index (χ4n) is 1.81. The maximum absolute atomic E-state index is 8.87. The standard InChI is InChI=1S/C15H17ClN4/c1-10(2)14(18)9-20-6-5-15(19-20)11-3-4-12(8-17)13(16)7-11/h3-7,10,14H,9,18H2,1-2H3. The molecule has 0 aliphatic carbocycles. The zero-order chi connectivity index (χ0) is 14.7. The number of hydrogen-bond donors (Lipinski definition) is 1. The van der Waals surface area contributed by atoms with E-state index in [-0.39, 0.29) is 6.04 Å². The average molecular weight is 289 g/mol. The second-order valence-corrected chi connectivity index (χ2v) is 5.54. The summed E-state index contributed by atoms with van der Waals surface area (Å²) in [6, 6.07) is 9.35. The Morgan fingerprint density at radius 3 is 2.75 bits per heavy atom. The van der Waals surface area contributed by atoms with Gasteiger partial charge < -0.3 is 5.73 Å². The van der Waals surface area contributed by atoms with E-state index in [4.69, 9.17) is 22.6 Å². The molecule has 1 atom stereocenters. The van der Waals surface area contributed by atoms with Gasteiger partial charge in [0.25, 0.3) is 0 Å². The first-order chi connectivity index (χ1) is 9.51. The molecule has 0 saturated carbocycles. The smallest absolute Gasteiger partial charge is 0.101 e. The summed E-state index contributed by atoms with van der Waals surface area (Å²) in [6.45, 7) is 4.87. The van der Waals surface area contributed by atoms with E-state index in [9.17, 15) is 0 Å². The maximum Gasteiger partial charge on any atom is 0.101 e. The molecule has 0 aliphatic heterocycles. The summed E-state index contributed by atoms with van der Waals surface area (Å²) in [5.41, 5.74) is 8.23. The van der Waals surface area contributed by atoms with Crippen LogP contribution in [-0.4, -0.2) is 15.8 Å². The first kappa shape index (κ1) is 14.6. The number of nitrogens with zero attached hydrogens (tertiary/aromatic N) is 3. The van der Waals surface area contributed by atoms with Gasteiger partial charge in [-0.15, -0.1) is 0 Å². The second kappa shape index (κ2) is 6.08. The Bertz CT molecular complexity index is 640. The van der Waals surface area contributed by atoms with Gasteiger partial charge in [-0.3, -0.25) is 4.68 Å². The van der Waals surface area contributed by atoms with Crippen LogP contribution in [0.2, 0.25) is 5.02 Å². The van der Waals surface area contributed by atoms with Crippen LogP contribution < -0.4 is 5.73 Å². The average Bonchev–Trinajstić information content (AvgIpc) is 2.87. The van der Waals surface area contributed by atoms with Crippen molar-refractivity contribution in [3.05, 3.63) is 41.0 Å². The Labute approximate surface area is 123 Å². The predicted molar refractivity (Wildman–Crippen MR) is 80.2 cm³/mol. The minimum Gasteiger partial charge on any atom is -0.326 e. The van der Waals surface area contributed by atoms with Gasteiger partial charge in [0.05, 0.1) is 22.8 Å². The molecule has 0 aliphatic rings. The van der Waals surface area contributed by atoms with Gasteiger partial charge in [0.15, 0.2) is 0 Å². The van der Waals surface area contributed by atoms with Crippen LogP contribution in [0.3, 0.4) is 0 Å². The van der Waals surface area contributed by atoms with E-state index in [2.05, 4.69) is 18.9 Å². The summed E-state index contributed by atoms with van der Waals surface area (Å²) < 4.78 is 1.84. The molecule has 0 spiro atoms. The van der Waals surface area contributed by atoms with Gasteiger partial charge in [0.2, 0.25) is 0 Å². The quantitative estimate of drug-likeness (QED) is 0.940. The molecule has 2 rings (SSSR count). The number of rotatable bonds is 4. The molecular formula is C15H17ClN4. The lowest BCUT2D eigenvalue weighted by molar-refractivity contribution is 0.414. The third kappa shape index (κ3) is 3.19. The zero-order valence-corrected chi connectivity index (χ0v) is 12.3. The molecule has 1 heterocycles. The SMILES string of the molecule is CC(C)C(N)Cn1ccc(-c2ccc(C#N)c(Cl)c2)n1. The van der Waals surface area contributed by atoms with Crippen molar-refractivity contribution in [2.45, 2.75) is 26.4 Å². The summed E-state index contributed by atoms with van der Waals surface area (Å²) in [5, 5.41) is 13.8. The fraction of sp³-hybridized carbons (Fsp3) is 0.333. The highest BCUT2D eigenvalue weighted by Gasteiger charge is 2.10. The van der Waals surface area contributed by atoms with Gasteiger partial charge in [-0.1, -0.05) is 31.5 Å². The molecule has 2 aromatic rings. The highest BCUT2D eigenvalue weighted by Crippen LogP contribution is 2.24. The summed E-state index contributed by atoms with van der Waals surface area (Å²) in [6.07, 6.45) is 1.91. The molecule has 0 fully saturated rings. The first-order valence-electron chi connectivity index (χ1n) is 6.50.